The molecule has 1 aliphatic carbocycles. The lowest BCUT2D eigenvalue weighted by molar-refractivity contribution is -0.115. The van der Waals surface area contributed by atoms with E-state index in [1.807, 2.05) is 16.7 Å². The van der Waals surface area contributed by atoms with Gasteiger partial charge in [-0.1, -0.05) is 42.6 Å². The van der Waals surface area contributed by atoms with Crippen molar-refractivity contribution >= 4 is 51.6 Å². The Labute approximate surface area is 224 Å². The van der Waals surface area contributed by atoms with Crippen LogP contribution in [0.15, 0.2) is 43.4 Å². The monoisotopic (exact) mass is 539 g/mol. The quantitative estimate of drug-likeness (QED) is 0.259. The lowest BCUT2D eigenvalue weighted by Gasteiger charge is -2.31. The molecule has 8 nitrogen and oxygen atoms in total. The number of rotatable bonds is 8. The highest BCUT2D eigenvalue weighted by Crippen LogP contribution is 2.47. The lowest BCUT2D eigenvalue weighted by atomic mass is 9.81. The molecule has 0 spiro atoms. The Morgan fingerprint density at radius 2 is 1.86 bits per heavy atom. The standard InChI is InChI=1S/C27H27Cl2N5O3/c1-4-17(35)11-15-7-5-6-8-19(15)32-27-31-14-16-12-18(26-30-9-10-34(26)25(16)33-27)22-23(28)20(36-2)13-21(37-3)24(22)29/h4,9-10,12-15,19H,1,5-8,11H2,2-3H3,(H,31,32,33). The number of anilines is 1. The van der Waals surface area contributed by atoms with Gasteiger partial charge >= 0.3 is 0 Å². The Morgan fingerprint density at radius 1 is 1.14 bits per heavy atom. The molecule has 1 N–H and O–H groups in total. The molecule has 192 valence electrons. The van der Waals surface area contributed by atoms with E-state index in [1.54, 1.807) is 18.5 Å². The molecule has 2 atom stereocenters. The first-order valence-corrected chi connectivity index (χ1v) is 12.9. The Hall–Kier alpha value is -3.36. The maximum Gasteiger partial charge on any atom is 0.224 e. The average Bonchev–Trinajstić information content (AvgIpc) is 3.41. The number of imidazole rings is 1. The van der Waals surface area contributed by atoms with E-state index in [4.69, 9.17) is 37.7 Å². The van der Waals surface area contributed by atoms with Gasteiger partial charge in [-0.15, -0.1) is 0 Å². The maximum absolute atomic E-state index is 12.0. The van der Waals surface area contributed by atoms with Crippen LogP contribution in [0.5, 0.6) is 11.5 Å². The molecular formula is C27H27Cl2N5O3. The van der Waals surface area contributed by atoms with Gasteiger partial charge in [0.2, 0.25) is 5.95 Å². The van der Waals surface area contributed by atoms with Crippen molar-refractivity contribution in [2.24, 2.45) is 5.92 Å². The van der Waals surface area contributed by atoms with Crippen LogP contribution in [-0.4, -0.2) is 45.4 Å². The molecule has 0 aliphatic heterocycles. The number of hydrogen-bond acceptors (Lipinski definition) is 7. The van der Waals surface area contributed by atoms with Crippen LogP contribution in [-0.2, 0) is 4.79 Å². The average molecular weight is 540 g/mol. The highest BCUT2D eigenvalue weighted by atomic mass is 35.5. The van der Waals surface area contributed by atoms with E-state index < -0.39 is 0 Å². The third kappa shape index (κ3) is 4.71. The number of methoxy groups -OCH3 is 2. The second kappa shape index (κ2) is 10.6. The van der Waals surface area contributed by atoms with Crippen molar-refractivity contribution in [2.45, 2.75) is 38.1 Å². The van der Waals surface area contributed by atoms with E-state index in [1.165, 1.54) is 20.3 Å². The van der Waals surface area contributed by atoms with Gasteiger partial charge < -0.3 is 14.8 Å². The fourth-order valence-electron chi connectivity index (χ4n) is 5.10. The molecule has 1 aliphatic rings. The number of benzene rings is 1. The number of halogens is 2. The van der Waals surface area contributed by atoms with Crippen molar-refractivity contribution < 1.29 is 14.3 Å². The Morgan fingerprint density at radius 3 is 2.57 bits per heavy atom. The Kier molecular flexibility index (Phi) is 7.22. The highest BCUT2D eigenvalue weighted by Gasteiger charge is 2.27. The highest BCUT2D eigenvalue weighted by molar-refractivity contribution is 6.41. The first-order chi connectivity index (χ1) is 17.9. The van der Waals surface area contributed by atoms with Crippen LogP contribution in [0.3, 0.4) is 0 Å². The minimum atomic E-state index is 0.0669. The number of pyridine rings is 1. The minimum absolute atomic E-state index is 0.0669. The van der Waals surface area contributed by atoms with Crippen molar-refractivity contribution in [3.63, 3.8) is 0 Å². The van der Waals surface area contributed by atoms with Gasteiger partial charge in [0, 0.05) is 53.6 Å². The molecule has 3 aromatic heterocycles. The summed E-state index contributed by atoms with van der Waals surface area (Å²) in [5.41, 5.74) is 2.56. The van der Waals surface area contributed by atoms with Crippen molar-refractivity contribution in [1.82, 2.24) is 19.4 Å². The summed E-state index contributed by atoms with van der Waals surface area (Å²) in [5.74, 6) is 1.68. The number of ether oxygens (including phenoxy) is 2. The van der Waals surface area contributed by atoms with E-state index in [0.717, 1.165) is 31.1 Å². The van der Waals surface area contributed by atoms with Gasteiger partial charge in [-0.2, -0.15) is 4.98 Å². The fraction of sp³-hybridized carbons (Fsp3) is 0.333. The van der Waals surface area contributed by atoms with Crippen LogP contribution in [0.1, 0.15) is 32.1 Å². The number of carbonyl (C=O) groups excluding carboxylic acids is 1. The molecule has 0 saturated heterocycles. The number of fused-ring (bicyclic) bond motifs is 3. The van der Waals surface area contributed by atoms with Crippen LogP contribution in [0, 0.1) is 5.92 Å². The summed E-state index contributed by atoms with van der Waals surface area (Å²) in [5, 5.41) is 4.98. The zero-order chi connectivity index (χ0) is 26.1. The van der Waals surface area contributed by atoms with E-state index in [9.17, 15) is 4.79 Å². The van der Waals surface area contributed by atoms with Crippen molar-refractivity contribution in [1.29, 1.82) is 0 Å². The molecular weight excluding hydrogens is 513 g/mol. The molecule has 0 amide bonds. The summed E-state index contributed by atoms with van der Waals surface area (Å²) in [7, 11) is 3.08. The summed E-state index contributed by atoms with van der Waals surface area (Å²) < 4.78 is 12.8. The molecule has 3 heterocycles. The predicted octanol–water partition coefficient (Wildman–Crippen LogP) is 6.38. The number of aromatic nitrogens is 4. The summed E-state index contributed by atoms with van der Waals surface area (Å²) in [4.78, 5) is 26.0. The Balaban J connectivity index is 1.58. The zero-order valence-corrected chi connectivity index (χ0v) is 22.1. The lowest BCUT2D eigenvalue weighted by Crippen LogP contribution is -2.34. The number of carbonyl (C=O) groups is 1. The maximum atomic E-state index is 12.0. The molecule has 10 heteroatoms. The molecule has 4 aromatic rings. The second-order valence-electron chi connectivity index (χ2n) is 9.11. The molecule has 0 radical (unpaired) electrons. The van der Waals surface area contributed by atoms with Gasteiger partial charge in [-0.3, -0.25) is 9.20 Å². The third-order valence-electron chi connectivity index (χ3n) is 6.96. The fourth-order valence-corrected chi connectivity index (χ4v) is 5.80. The van der Waals surface area contributed by atoms with Gasteiger partial charge in [0.25, 0.3) is 0 Å². The van der Waals surface area contributed by atoms with Gasteiger partial charge in [-0.05, 0) is 30.9 Å². The van der Waals surface area contributed by atoms with Crippen molar-refractivity contribution in [3.05, 3.63) is 53.4 Å². The number of ketones is 1. The van der Waals surface area contributed by atoms with Gasteiger partial charge in [-0.25, -0.2) is 9.97 Å². The van der Waals surface area contributed by atoms with E-state index in [2.05, 4.69) is 21.9 Å². The van der Waals surface area contributed by atoms with Crippen LogP contribution >= 0.6 is 23.2 Å². The number of hydrogen-bond donors (Lipinski definition) is 1. The predicted molar refractivity (Wildman–Crippen MR) is 146 cm³/mol. The van der Waals surface area contributed by atoms with Crippen LogP contribution in [0.2, 0.25) is 10.0 Å². The molecule has 1 saturated carbocycles. The first-order valence-electron chi connectivity index (χ1n) is 12.1. The summed E-state index contributed by atoms with van der Waals surface area (Å²) >= 11 is 13.4. The Bertz CT molecular complexity index is 1470. The van der Waals surface area contributed by atoms with E-state index in [-0.39, 0.29) is 17.7 Å². The zero-order valence-electron chi connectivity index (χ0n) is 20.6. The molecule has 1 aromatic carbocycles. The third-order valence-corrected chi connectivity index (χ3v) is 7.71. The van der Waals surface area contributed by atoms with Gasteiger partial charge in [0.1, 0.15) is 17.1 Å². The summed E-state index contributed by atoms with van der Waals surface area (Å²) in [6.07, 6.45) is 11.4. The largest absolute Gasteiger partial charge is 0.495 e. The molecule has 5 rings (SSSR count). The van der Waals surface area contributed by atoms with E-state index >= 15 is 0 Å². The second-order valence-corrected chi connectivity index (χ2v) is 9.86. The number of allylic oxidation sites excluding steroid dienone is 1. The van der Waals surface area contributed by atoms with Crippen LogP contribution in [0.4, 0.5) is 5.95 Å². The topological polar surface area (TPSA) is 90.6 Å². The summed E-state index contributed by atoms with van der Waals surface area (Å²) in [6.45, 7) is 3.62. The normalized spacial score (nSPS) is 17.6. The van der Waals surface area contributed by atoms with E-state index in [0.29, 0.717) is 56.3 Å². The SMILES string of the molecule is C=CC(=O)CC1CCCCC1Nc1ncc2cc(-c3c(Cl)c(OC)cc(OC)c3Cl)c3nccn3c2n1. The molecule has 1 fully saturated rings. The minimum Gasteiger partial charge on any atom is -0.495 e. The van der Waals surface area contributed by atoms with Gasteiger partial charge in [0.15, 0.2) is 11.4 Å². The first kappa shape index (κ1) is 25.3. The van der Waals surface area contributed by atoms with Crippen molar-refractivity contribution in [3.8, 4) is 22.6 Å². The van der Waals surface area contributed by atoms with Crippen LogP contribution < -0.4 is 14.8 Å². The molecule has 0 bridgehead atoms. The number of nitrogens with zero attached hydrogens (tertiary/aromatic N) is 4. The molecule has 2 unspecified atom stereocenters. The summed E-state index contributed by atoms with van der Waals surface area (Å²) in [6, 6.07) is 3.69. The number of nitrogens with one attached hydrogen (secondary N) is 1. The van der Waals surface area contributed by atoms with Crippen molar-refractivity contribution in [2.75, 3.05) is 19.5 Å². The van der Waals surface area contributed by atoms with Gasteiger partial charge in [0.05, 0.1) is 24.3 Å². The molecule has 37 heavy (non-hydrogen) atoms. The van der Waals surface area contributed by atoms with Crippen LogP contribution in [0.25, 0.3) is 27.8 Å². The smallest absolute Gasteiger partial charge is 0.224 e.